The molecule has 1 saturated heterocycles. The first kappa shape index (κ1) is 19.0. The van der Waals surface area contributed by atoms with Gasteiger partial charge < -0.3 is 19.8 Å². The molecule has 31 heavy (non-hydrogen) atoms. The Morgan fingerprint density at radius 1 is 1.23 bits per heavy atom. The number of fused-ring (bicyclic) bond motifs is 2. The Labute approximate surface area is 180 Å². The van der Waals surface area contributed by atoms with Gasteiger partial charge >= 0.3 is 0 Å². The van der Waals surface area contributed by atoms with Gasteiger partial charge in [0, 0.05) is 30.4 Å². The van der Waals surface area contributed by atoms with Gasteiger partial charge in [0.25, 0.3) is 0 Å². The number of nitrogens with zero attached hydrogens (tertiary/aromatic N) is 3. The molecule has 8 heteroatoms. The van der Waals surface area contributed by atoms with Crippen LogP contribution in [-0.4, -0.2) is 58.3 Å². The lowest BCUT2D eigenvalue weighted by Crippen LogP contribution is -2.54. The summed E-state index contributed by atoms with van der Waals surface area (Å²) in [5.74, 6) is 1.70. The zero-order valence-electron chi connectivity index (χ0n) is 17.5. The summed E-state index contributed by atoms with van der Waals surface area (Å²) in [5, 5.41) is 4.67. The van der Waals surface area contributed by atoms with Crippen LogP contribution < -0.4 is 10.1 Å². The van der Waals surface area contributed by atoms with Crippen LogP contribution in [0.15, 0.2) is 30.6 Å². The number of hydrogen-bond donors (Lipinski definition) is 2. The number of aromatic amines is 1. The van der Waals surface area contributed by atoms with E-state index >= 15 is 0 Å². The summed E-state index contributed by atoms with van der Waals surface area (Å²) in [6, 6.07) is 6.95. The second kappa shape index (κ2) is 7.46. The first-order valence-electron chi connectivity index (χ1n) is 11.0. The molecular formula is C23H26FN5O2. The zero-order valence-corrected chi connectivity index (χ0v) is 17.5. The predicted molar refractivity (Wildman–Crippen MR) is 115 cm³/mol. The Kier molecular flexibility index (Phi) is 4.57. The largest absolute Gasteiger partial charge is 0.491 e. The molecule has 0 amide bonds. The minimum Gasteiger partial charge on any atom is -0.491 e. The smallest absolute Gasteiger partial charge is 0.143 e. The molecule has 7 nitrogen and oxygen atoms in total. The summed E-state index contributed by atoms with van der Waals surface area (Å²) in [6.45, 7) is 4.94. The molecule has 2 fully saturated rings. The van der Waals surface area contributed by atoms with Crippen molar-refractivity contribution in [1.29, 1.82) is 0 Å². The predicted octanol–water partition coefficient (Wildman–Crippen LogP) is 3.61. The van der Waals surface area contributed by atoms with Crippen molar-refractivity contribution in [3.63, 3.8) is 0 Å². The molecule has 3 atom stereocenters. The van der Waals surface area contributed by atoms with Gasteiger partial charge in [-0.05, 0) is 37.8 Å². The number of morpholine rings is 1. The minimum atomic E-state index is -0.292. The quantitative estimate of drug-likeness (QED) is 0.668. The molecule has 2 aromatic heterocycles. The fourth-order valence-electron chi connectivity index (χ4n) is 4.84. The van der Waals surface area contributed by atoms with E-state index in [1.807, 2.05) is 6.07 Å². The van der Waals surface area contributed by atoms with E-state index < -0.39 is 0 Å². The molecule has 2 aliphatic heterocycles. The number of aromatic nitrogens is 3. The second-order valence-electron chi connectivity index (χ2n) is 8.84. The monoisotopic (exact) mass is 423 g/mol. The highest BCUT2D eigenvalue weighted by molar-refractivity contribution is 5.88. The van der Waals surface area contributed by atoms with Crippen LogP contribution in [-0.2, 0) is 4.74 Å². The van der Waals surface area contributed by atoms with Crippen LogP contribution in [0.2, 0.25) is 0 Å². The van der Waals surface area contributed by atoms with Crippen LogP contribution in [0.25, 0.3) is 11.0 Å². The minimum absolute atomic E-state index is 0.0798. The van der Waals surface area contributed by atoms with E-state index in [-0.39, 0.29) is 24.0 Å². The molecule has 0 spiro atoms. The van der Waals surface area contributed by atoms with Crippen LogP contribution in [0, 0.1) is 5.82 Å². The highest BCUT2D eigenvalue weighted by Crippen LogP contribution is 2.42. The molecule has 162 valence electrons. The second-order valence-corrected chi connectivity index (χ2v) is 8.84. The highest BCUT2D eigenvalue weighted by atomic mass is 19.1. The fraction of sp³-hybridized carbons (Fsp3) is 0.478. The fourth-order valence-corrected chi connectivity index (χ4v) is 4.84. The normalized spacial score (nSPS) is 26.5. The van der Waals surface area contributed by atoms with Crippen molar-refractivity contribution >= 4 is 16.9 Å². The van der Waals surface area contributed by atoms with Crippen molar-refractivity contribution in [3.8, 4) is 5.75 Å². The lowest BCUT2D eigenvalue weighted by Gasteiger charge is -2.43. The molecule has 6 rings (SSSR count). The summed E-state index contributed by atoms with van der Waals surface area (Å²) in [7, 11) is 0. The number of halogens is 1. The van der Waals surface area contributed by atoms with Crippen molar-refractivity contribution in [2.75, 3.05) is 31.6 Å². The summed E-state index contributed by atoms with van der Waals surface area (Å²) in [6.07, 6.45) is 4.20. The number of rotatable bonds is 4. The van der Waals surface area contributed by atoms with Gasteiger partial charge in [-0.2, -0.15) is 0 Å². The SMILES string of the molecule is C[C@@H]1CN([C@@H]2COc3cc(F)ccc3[C@H]2Nc2ncnc3[nH]c(C4CC4)cc23)CCO1. The standard InChI is InChI=1S/C23H26FN5O2/c1-13-10-29(6-7-30-13)19-11-31-20-8-15(24)4-5-16(20)21(19)28-23-17-9-18(14-2-3-14)27-22(17)25-12-26-23/h4-5,8-9,12-14,19,21H,2-3,6-7,10-11H2,1H3,(H2,25,26,27,28)/t13-,19-,21-/m1/s1. The van der Waals surface area contributed by atoms with E-state index in [4.69, 9.17) is 9.47 Å². The van der Waals surface area contributed by atoms with Gasteiger partial charge in [-0.1, -0.05) is 6.07 Å². The van der Waals surface area contributed by atoms with Crippen molar-refractivity contribution in [3.05, 3.63) is 47.7 Å². The lowest BCUT2D eigenvalue weighted by atomic mass is 9.94. The van der Waals surface area contributed by atoms with Crippen molar-refractivity contribution < 1.29 is 13.9 Å². The highest BCUT2D eigenvalue weighted by Gasteiger charge is 2.37. The Balaban J connectivity index is 1.39. The number of H-pyrrole nitrogens is 1. The molecule has 3 aliphatic rings. The number of nitrogens with one attached hydrogen (secondary N) is 2. The van der Waals surface area contributed by atoms with Gasteiger partial charge in [0.1, 0.15) is 36.0 Å². The Morgan fingerprint density at radius 2 is 2.13 bits per heavy atom. The number of ether oxygens (including phenoxy) is 2. The van der Waals surface area contributed by atoms with E-state index in [1.165, 1.54) is 30.7 Å². The van der Waals surface area contributed by atoms with Gasteiger partial charge in [0.05, 0.1) is 30.2 Å². The molecule has 3 aromatic rings. The lowest BCUT2D eigenvalue weighted by molar-refractivity contribution is -0.0465. The van der Waals surface area contributed by atoms with Crippen LogP contribution in [0.5, 0.6) is 5.75 Å². The third kappa shape index (κ3) is 3.53. The van der Waals surface area contributed by atoms with E-state index in [2.05, 4.69) is 38.2 Å². The molecule has 0 bridgehead atoms. The molecule has 0 unspecified atom stereocenters. The Hall–Kier alpha value is -2.71. The molecule has 1 aliphatic carbocycles. The van der Waals surface area contributed by atoms with E-state index in [1.54, 1.807) is 6.33 Å². The maximum absolute atomic E-state index is 13.9. The molecule has 4 heterocycles. The third-order valence-corrected chi connectivity index (χ3v) is 6.60. The average Bonchev–Trinajstić information content (AvgIpc) is 3.52. The van der Waals surface area contributed by atoms with E-state index in [0.29, 0.717) is 24.9 Å². The third-order valence-electron chi connectivity index (χ3n) is 6.60. The number of anilines is 1. The molecule has 2 N–H and O–H groups in total. The van der Waals surface area contributed by atoms with Gasteiger partial charge in [-0.25, -0.2) is 14.4 Å². The van der Waals surface area contributed by atoms with E-state index in [9.17, 15) is 4.39 Å². The average molecular weight is 423 g/mol. The van der Waals surface area contributed by atoms with Crippen molar-refractivity contribution in [2.45, 2.75) is 43.9 Å². The first-order chi connectivity index (χ1) is 15.2. The number of benzene rings is 1. The van der Waals surface area contributed by atoms with Gasteiger partial charge in [0.2, 0.25) is 0 Å². The molecule has 1 saturated carbocycles. The van der Waals surface area contributed by atoms with Crippen LogP contribution in [0.4, 0.5) is 10.2 Å². The van der Waals surface area contributed by atoms with E-state index in [0.717, 1.165) is 35.5 Å². The topological polar surface area (TPSA) is 75.3 Å². The van der Waals surface area contributed by atoms with Gasteiger partial charge in [0.15, 0.2) is 0 Å². The first-order valence-corrected chi connectivity index (χ1v) is 11.0. The van der Waals surface area contributed by atoms with Gasteiger partial charge in [-0.3, -0.25) is 4.90 Å². The summed E-state index contributed by atoms with van der Waals surface area (Å²) in [4.78, 5) is 14.9. The van der Waals surface area contributed by atoms with Crippen molar-refractivity contribution in [2.24, 2.45) is 0 Å². The Morgan fingerprint density at radius 3 is 2.97 bits per heavy atom. The molecule has 1 aromatic carbocycles. The van der Waals surface area contributed by atoms with Crippen molar-refractivity contribution in [1.82, 2.24) is 19.9 Å². The van der Waals surface area contributed by atoms with Crippen LogP contribution in [0.3, 0.4) is 0 Å². The zero-order chi connectivity index (χ0) is 20.9. The Bertz CT molecular complexity index is 1110. The summed E-state index contributed by atoms with van der Waals surface area (Å²) in [5.41, 5.74) is 3.02. The number of hydrogen-bond acceptors (Lipinski definition) is 6. The maximum atomic E-state index is 13.9. The van der Waals surface area contributed by atoms with Crippen LogP contribution in [0.1, 0.15) is 43.0 Å². The molecular weight excluding hydrogens is 397 g/mol. The summed E-state index contributed by atoms with van der Waals surface area (Å²) < 4.78 is 25.6. The maximum Gasteiger partial charge on any atom is 0.143 e. The van der Waals surface area contributed by atoms with Gasteiger partial charge in [-0.15, -0.1) is 0 Å². The van der Waals surface area contributed by atoms with Crippen LogP contribution >= 0.6 is 0 Å². The summed E-state index contributed by atoms with van der Waals surface area (Å²) >= 11 is 0. The molecule has 0 radical (unpaired) electrons.